The molecule has 1 unspecified atom stereocenters. The molecule has 0 aromatic heterocycles. The van der Waals surface area contributed by atoms with Gasteiger partial charge in [0.2, 0.25) is 5.91 Å². The summed E-state index contributed by atoms with van der Waals surface area (Å²) < 4.78 is 4.95. The van der Waals surface area contributed by atoms with E-state index in [2.05, 4.69) is 6.07 Å². The molecule has 0 radical (unpaired) electrons. The molecule has 1 amide bonds. The third kappa shape index (κ3) is 5.11. The molecule has 4 heteroatoms. The minimum Gasteiger partial charge on any atom is -0.385 e. The summed E-state index contributed by atoms with van der Waals surface area (Å²) in [4.78, 5) is 13.7. The van der Waals surface area contributed by atoms with Gasteiger partial charge in [-0.1, -0.05) is 30.3 Å². The fourth-order valence-corrected chi connectivity index (χ4v) is 1.86. The van der Waals surface area contributed by atoms with Crippen LogP contribution in [0.25, 0.3) is 0 Å². The van der Waals surface area contributed by atoms with Crippen LogP contribution in [0.3, 0.4) is 0 Å². The Morgan fingerprint density at radius 2 is 2.11 bits per heavy atom. The number of carbonyl (C=O) groups excluding carboxylic acids is 1. The summed E-state index contributed by atoms with van der Waals surface area (Å²) in [6.45, 7) is 1.23. The Balaban J connectivity index is 2.55. The number of amides is 1. The van der Waals surface area contributed by atoms with Crippen molar-refractivity contribution in [2.75, 3.05) is 27.3 Å². The lowest BCUT2D eigenvalue weighted by molar-refractivity contribution is -0.132. The van der Waals surface area contributed by atoms with Gasteiger partial charge in [-0.05, 0) is 18.4 Å². The van der Waals surface area contributed by atoms with Gasteiger partial charge in [-0.25, -0.2) is 0 Å². The van der Waals surface area contributed by atoms with Crippen LogP contribution in [0.4, 0.5) is 0 Å². The van der Waals surface area contributed by atoms with E-state index in [1.165, 1.54) is 0 Å². The van der Waals surface area contributed by atoms with Crippen molar-refractivity contribution in [3.63, 3.8) is 0 Å². The summed E-state index contributed by atoms with van der Waals surface area (Å²) >= 11 is 0. The van der Waals surface area contributed by atoms with E-state index in [1.807, 2.05) is 30.3 Å². The Bertz CT molecular complexity index is 426. The second-order valence-electron chi connectivity index (χ2n) is 4.48. The molecule has 0 saturated heterocycles. The third-order valence-electron chi connectivity index (χ3n) is 2.95. The topological polar surface area (TPSA) is 53.3 Å². The van der Waals surface area contributed by atoms with Crippen molar-refractivity contribution in [1.29, 1.82) is 5.26 Å². The monoisotopic (exact) mass is 260 g/mol. The van der Waals surface area contributed by atoms with E-state index in [1.54, 1.807) is 19.1 Å². The van der Waals surface area contributed by atoms with Crippen molar-refractivity contribution < 1.29 is 9.53 Å². The van der Waals surface area contributed by atoms with Gasteiger partial charge < -0.3 is 9.64 Å². The van der Waals surface area contributed by atoms with Crippen molar-refractivity contribution in [2.45, 2.75) is 12.8 Å². The van der Waals surface area contributed by atoms with Crippen LogP contribution in [-0.2, 0) is 16.0 Å². The molecule has 0 aliphatic carbocycles. The normalized spacial score (nSPS) is 11.6. The van der Waals surface area contributed by atoms with Gasteiger partial charge in [0, 0.05) is 27.3 Å². The van der Waals surface area contributed by atoms with Gasteiger partial charge in [0.25, 0.3) is 0 Å². The summed E-state index contributed by atoms with van der Waals surface area (Å²) in [5, 5.41) is 9.16. The van der Waals surface area contributed by atoms with Crippen LogP contribution in [0.1, 0.15) is 12.0 Å². The van der Waals surface area contributed by atoms with E-state index >= 15 is 0 Å². The van der Waals surface area contributed by atoms with Crippen molar-refractivity contribution in [1.82, 2.24) is 4.90 Å². The van der Waals surface area contributed by atoms with E-state index in [0.717, 1.165) is 12.0 Å². The van der Waals surface area contributed by atoms with Crippen LogP contribution in [0.5, 0.6) is 0 Å². The largest absolute Gasteiger partial charge is 0.385 e. The van der Waals surface area contributed by atoms with Crippen molar-refractivity contribution in [3.05, 3.63) is 35.9 Å². The van der Waals surface area contributed by atoms with E-state index in [-0.39, 0.29) is 5.91 Å². The quantitative estimate of drug-likeness (QED) is 0.703. The van der Waals surface area contributed by atoms with E-state index in [9.17, 15) is 4.79 Å². The van der Waals surface area contributed by atoms with Crippen molar-refractivity contribution in [2.24, 2.45) is 5.92 Å². The molecular weight excluding hydrogens is 240 g/mol. The maximum absolute atomic E-state index is 12.1. The third-order valence-corrected chi connectivity index (χ3v) is 2.95. The Morgan fingerprint density at radius 1 is 1.42 bits per heavy atom. The summed E-state index contributed by atoms with van der Waals surface area (Å²) in [6, 6.07) is 11.7. The van der Waals surface area contributed by atoms with Crippen LogP contribution < -0.4 is 0 Å². The molecule has 1 rings (SSSR count). The molecule has 0 spiro atoms. The molecule has 0 N–H and O–H groups in total. The average molecular weight is 260 g/mol. The highest BCUT2D eigenvalue weighted by atomic mass is 16.5. The lowest BCUT2D eigenvalue weighted by atomic mass is 9.99. The number of ether oxygens (including phenoxy) is 1. The minimum atomic E-state index is -0.616. The molecule has 102 valence electrons. The Kier molecular flexibility index (Phi) is 6.62. The molecule has 0 bridgehead atoms. The predicted octanol–water partition coefficient (Wildman–Crippen LogP) is 1.86. The fourth-order valence-electron chi connectivity index (χ4n) is 1.86. The van der Waals surface area contributed by atoms with Crippen LogP contribution in [0.15, 0.2) is 30.3 Å². The molecule has 1 aromatic rings. The Labute approximate surface area is 114 Å². The highest BCUT2D eigenvalue weighted by Gasteiger charge is 2.21. The first-order valence-electron chi connectivity index (χ1n) is 6.36. The van der Waals surface area contributed by atoms with Gasteiger partial charge in [0.1, 0.15) is 5.92 Å². The molecule has 19 heavy (non-hydrogen) atoms. The second kappa shape index (κ2) is 8.28. The molecule has 0 aliphatic rings. The predicted molar refractivity (Wildman–Crippen MR) is 73.4 cm³/mol. The highest BCUT2D eigenvalue weighted by molar-refractivity contribution is 5.81. The standard InChI is InChI=1S/C15H20N2O2/c1-17(9-6-10-19-2)15(18)14(12-16)11-13-7-4-3-5-8-13/h3-5,7-8,14H,6,9-11H2,1-2H3. The summed E-state index contributed by atoms with van der Waals surface area (Å²) in [6.07, 6.45) is 1.24. The van der Waals surface area contributed by atoms with Crippen molar-refractivity contribution >= 4 is 5.91 Å². The molecular formula is C15H20N2O2. The first kappa shape index (κ1) is 15.2. The SMILES string of the molecule is COCCCN(C)C(=O)C(C#N)Cc1ccccc1. The lowest BCUT2D eigenvalue weighted by Crippen LogP contribution is -2.34. The minimum absolute atomic E-state index is 0.123. The fraction of sp³-hybridized carbons (Fsp3) is 0.467. The first-order chi connectivity index (χ1) is 9.19. The molecule has 0 fully saturated rings. The first-order valence-corrected chi connectivity index (χ1v) is 6.36. The van der Waals surface area contributed by atoms with Crippen molar-refractivity contribution in [3.8, 4) is 6.07 Å². The van der Waals surface area contributed by atoms with Crippen LogP contribution >= 0.6 is 0 Å². The molecule has 0 aliphatic heterocycles. The van der Waals surface area contributed by atoms with Gasteiger partial charge in [-0.3, -0.25) is 4.79 Å². The number of nitriles is 1. The number of benzene rings is 1. The zero-order valence-electron chi connectivity index (χ0n) is 11.5. The summed E-state index contributed by atoms with van der Waals surface area (Å²) in [7, 11) is 3.36. The van der Waals surface area contributed by atoms with Gasteiger partial charge in [-0.15, -0.1) is 0 Å². The van der Waals surface area contributed by atoms with Gasteiger partial charge >= 0.3 is 0 Å². The number of methoxy groups -OCH3 is 1. The van der Waals surface area contributed by atoms with E-state index in [0.29, 0.717) is 19.6 Å². The van der Waals surface area contributed by atoms with Gasteiger partial charge in [0.05, 0.1) is 6.07 Å². The number of hydrogen-bond donors (Lipinski definition) is 0. The molecule has 1 aromatic carbocycles. The molecule has 0 saturated carbocycles. The zero-order valence-corrected chi connectivity index (χ0v) is 11.5. The average Bonchev–Trinajstić information content (AvgIpc) is 2.45. The number of nitrogens with zero attached hydrogens (tertiary/aromatic N) is 2. The summed E-state index contributed by atoms with van der Waals surface area (Å²) in [5.74, 6) is -0.739. The zero-order chi connectivity index (χ0) is 14.1. The highest BCUT2D eigenvalue weighted by Crippen LogP contribution is 2.11. The van der Waals surface area contributed by atoms with Gasteiger partial charge in [0.15, 0.2) is 0 Å². The Hall–Kier alpha value is -1.86. The number of carbonyl (C=O) groups is 1. The van der Waals surface area contributed by atoms with E-state index in [4.69, 9.17) is 10.00 Å². The lowest BCUT2D eigenvalue weighted by Gasteiger charge is -2.20. The second-order valence-corrected chi connectivity index (χ2v) is 4.48. The maximum Gasteiger partial charge on any atom is 0.240 e. The number of rotatable bonds is 7. The molecule has 4 nitrogen and oxygen atoms in total. The van der Waals surface area contributed by atoms with Crippen LogP contribution in [0, 0.1) is 17.2 Å². The maximum atomic E-state index is 12.1. The Morgan fingerprint density at radius 3 is 2.68 bits per heavy atom. The van der Waals surface area contributed by atoms with Gasteiger partial charge in [-0.2, -0.15) is 5.26 Å². The van der Waals surface area contributed by atoms with Crippen LogP contribution in [0.2, 0.25) is 0 Å². The molecule has 0 heterocycles. The number of hydrogen-bond acceptors (Lipinski definition) is 3. The molecule has 1 atom stereocenters. The summed E-state index contributed by atoms with van der Waals surface area (Å²) in [5.41, 5.74) is 1.01. The van der Waals surface area contributed by atoms with E-state index < -0.39 is 5.92 Å². The van der Waals surface area contributed by atoms with Crippen LogP contribution in [-0.4, -0.2) is 38.1 Å². The smallest absolute Gasteiger partial charge is 0.240 e.